The molecule has 0 bridgehead atoms. The van der Waals surface area contributed by atoms with Gasteiger partial charge < -0.3 is 28.8 Å². The summed E-state index contributed by atoms with van der Waals surface area (Å²) in [5, 5.41) is 2.78. The second-order valence-electron chi connectivity index (χ2n) is 6.03. The van der Waals surface area contributed by atoms with Crippen LogP contribution in [-0.2, 0) is 27.4 Å². The van der Waals surface area contributed by atoms with Gasteiger partial charge in [-0.2, -0.15) is 0 Å². The van der Waals surface area contributed by atoms with Crippen LogP contribution in [0.15, 0.2) is 41.0 Å². The Morgan fingerprint density at radius 3 is 2.85 bits per heavy atom. The van der Waals surface area contributed by atoms with Crippen LogP contribution in [0, 0.1) is 0 Å². The molecule has 2 amide bonds. The van der Waals surface area contributed by atoms with Gasteiger partial charge in [-0.05, 0) is 24.3 Å². The van der Waals surface area contributed by atoms with Crippen molar-refractivity contribution in [2.45, 2.75) is 19.1 Å². The largest absolute Gasteiger partial charge is 0.497 e. The van der Waals surface area contributed by atoms with Gasteiger partial charge in [-0.15, -0.1) is 0 Å². The Labute approximate surface area is 157 Å². The smallest absolute Gasteiger partial charge is 0.249 e. The lowest BCUT2D eigenvalue weighted by Crippen LogP contribution is -2.55. The summed E-state index contributed by atoms with van der Waals surface area (Å²) in [5.41, 5.74) is 0.775. The van der Waals surface area contributed by atoms with E-state index in [1.165, 1.54) is 11.2 Å². The van der Waals surface area contributed by atoms with Gasteiger partial charge in [0.1, 0.15) is 29.9 Å². The molecule has 8 heteroatoms. The molecule has 1 aromatic carbocycles. The van der Waals surface area contributed by atoms with E-state index in [1.54, 1.807) is 38.5 Å². The molecular weight excluding hydrogens is 352 g/mol. The summed E-state index contributed by atoms with van der Waals surface area (Å²) < 4.78 is 21.1. The van der Waals surface area contributed by atoms with Crippen molar-refractivity contribution in [3.8, 4) is 11.5 Å². The first-order valence-corrected chi connectivity index (χ1v) is 8.50. The molecule has 1 aromatic heterocycles. The minimum absolute atomic E-state index is 0.0551. The van der Waals surface area contributed by atoms with Crippen molar-refractivity contribution in [1.29, 1.82) is 0 Å². The summed E-state index contributed by atoms with van der Waals surface area (Å²) in [6.07, 6.45) is 1.54. The minimum Gasteiger partial charge on any atom is -0.497 e. The fourth-order valence-corrected chi connectivity index (χ4v) is 2.89. The average Bonchev–Trinajstić information content (AvgIpc) is 3.21. The first-order valence-electron chi connectivity index (χ1n) is 8.50. The zero-order valence-electron chi connectivity index (χ0n) is 15.3. The molecule has 1 atom stereocenters. The Morgan fingerprint density at radius 2 is 2.15 bits per heavy atom. The van der Waals surface area contributed by atoms with Crippen molar-refractivity contribution in [3.63, 3.8) is 0 Å². The van der Waals surface area contributed by atoms with Crippen molar-refractivity contribution >= 4 is 11.8 Å². The van der Waals surface area contributed by atoms with Gasteiger partial charge in [0.25, 0.3) is 0 Å². The van der Waals surface area contributed by atoms with Gasteiger partial charge in [-0.25, -0.2) is 0 Å². The molecule has 1 aliphatic rings. The molecule has 0 spiro atoms. The van der Waals surface area contributed by atoms with Crippen LogP contribution < -0.4 is 14.8 Å². The maximum atomic E-state index is 12.6. The fourth-order valence-electron chi connectivity index (χ4n) is 2.89. The Morgan fingerprint density at radius 1 is 1.30 bits per heavy atom. The van der Waals surface area contributed by atoms with Crippen LogP contribution in [0.4, 0.5) is 0 Å². The van der Waals surface area contributed by atoms with Gasteiger partial charge >= 0.3 is 0 Å². The topological polar surface area (TPSA) is 90.2 Å². The number of morpholine rings is 1. The van der Waals surface area contributed by atoms with E-state index in [9.17, 15) is 9.59 Å². The lowest BCUT2D eigenvalue weighted by atomic mass is 10.1. The van der Waals surface area contributed by atoms with Gasteiger partial charge in [0.05, 0.1) is 40.2 Å². The normalized spacial score (nSPS) is 16.9. The van der Waals surface area contributed by atoms with E-state index in [0.29, 0.717) is 17.3 Å². The number of furan rings is 1. The molecule has 2 aromatic rings. The molecule has 1 fully saturated rings. The second-order valence-corrected chi connectivity index (χ2v) is 6.03. The SMILES string of the molecule is COc1ccc(CN2C(=O)COC[C@H]2C(=O)NCc2ccco2)c(OC)c1. The minimum atomic E-state index is -0.729. The quantitative estimate of drug-likeness (QED) is 0.787. The molecule has 0 saturated carbocycles. The summed E-state index contributed by atoms with van der Waals surface area (Å²) >= 11 is 0. The molecule has 1 saturated heterocycles. The van der Waals surface area contributed by atoms with Crippen LogP contribution in [-0.4, -0.2) is 50.2 Å². The number of hydrogen-bond acceptors (Lipinski definition) is 6. The average molecular weight is 374 g/mol. The number of hydrogen-bond donors (Lipinski definition) is 1. The fraction of sp³-hybridized carbons (Fsp3) is 0.368. The Hall–Kier alpha value is -3.00. The van der Waals surface area contributed by atoms with E-state index in [4.69, 9.17) is 18.6 Å². The number of benzene rings is 1. The summed E-state index contributed by atoms with van der Waals surface area (Å²) in [4.78, 5) is 26.5. The summed E-state index contributed by atoms with van der Waals surface area (Å²) in [7, 11) is 3.12. The number of nitrogens with one attached hydrogen (secondary N) is 1. The predicted octanol–water partition coefficient (Wildman–Crippen LogP) is 1.34. The van der Waals surface area contributed by atoms with Crippen molar-refractivity contribution < 1.29 is 28.2 Å². The van der Waals surface area contributed by atoms with E-state index in [1.807, 2.05) is 6.07 Å². The molecule has 2 heterocycles. The second kappa shape index (κ2) is 8.59. The number of nitrogens with zero attached hydrogens (tertiary/aromatic N) is 1. The first kappa shape index (κ1) is 18.8. The van der Waals surface area contributed by atoms with Crippen LogP contribution in [0.1, 0.15) is 11.3 Å². The van der Waals surface area contributed by atoms with Gasteiger partial charge in [0, 0.05) is 11.6 Å². The molecule has 144 valence electrons. The lowest BCUT2D eigenvalue weighted by molar-refractivity contribution is -0.155. The predicted molar refractivity (Wildman–Crippen MR) is 95.3 cm³/mol. The number of ether oxygens (including phenoxy) is 3. The Balaban J connectivity index is 1.74. The van der Waals surface area contributed by atoms with Crippen molar-refractivity contribution in [2.24, 2.45) is 0 Å². The maximum absolute atomic E-state index is 12.6. The Bertz CT molecular complexity index is 790. The molecular formula is C19H22N2O6. The van der Waals surface area contributed by atoms with Crippen LogP contribution >= 0.6 is 0 Å². The molecule has 1 N–H and O–H groups in total. The van der Waals surface area contributed by atoms with E-state index >= 15 is 0 Å². The van der Waals surface area contributed by atoms with Crippen LogP contribution in [0.3, 0.4) is 0 Å². The third-order valence-electron chi connectivity index (χ3n) is 4.35. The molecule has 27 heavy (non-hydrogen) atoms. The van der Waals surface area contributed by atoms with Crippen molar-refractivity contribution in [1.82, 2.24) is 10.2 Å². The summed E-state index contributed by atoms with van der Waals surface area (Å²) in [6.45, 7) is 0.555. The number of carbonyl (C=O) groups excluding carboxylic acids is 2. The number of carbonyl (C=O) groups is 2. The molecule has 3 rings (SSSR count). The van der Waals surface area contributed by atoms with Crippen molar-refractivity contribution in [2.75, 3.05) is 27.4 Å². The van der Waals surface area contributed by atoms with Crippen LogP contribution in [0.25, 0.3) is 0 Å². The summed E-state index contributed by atoms with van der Waals surface area (Å²) in [6, 6.07) is 8.13. The highest BCUT2D eigenvalue weighted by atomic mass is 16.5. The third-order valence-corrected chi connectivity index (χ3v) is 4.35. The molecule has 0 radical (unpaired) electrons. The molecule has 0 unspecified atom stereocenters. The van der Waals surface area contributed by atoms with Gasteiger partial charge in [-0.3, -0.25) is 9.59 Å². The van der Waals surface area contributed by atoms with Gasteiger partial charge in [0.2, 0.25) is 11.8 Å². The number of methoxy groups -OCH3 is 2. The number of rotatable bonds is 7. The molecule has 1 aliphatic heterocycles. The highest BCUT2D eigenvalue weighted by molar-refractivity contribution is 5.89. The van der Waals surface area contributed by atoms with Gasteiger partial charge in [-0.1, -0.05) is 0 Å². The van der Waals surface area contributed by atoms with E-state index < -0.39 is 6.04 Å². The lowest BCUT2D eigenvalue weighted by Gasteiger charge is -2.34. The highest BCUT2D eigenvalue weighted by Gasteiger charge is 2.34. The van der Waals surface area contributed by atoms with Crippen LogP contribution in [0.5, 0.6) is 11.5 Å². The highest BCUT2D eigenvalue weighted by Crippen LogP contribution is 2.27. The van der Waals surface area contributed by atoms with Crippen molar-refractivity contribution in [3.05, 3.63) is 47.9 Å². The maximum Gasteiger partial charge on any atom is 0.249 e. The molecule has 8 nitrogen and oxygen atoms in total. The van der Waals surface area contributed by atoms with E-state index in [2.05, 4.69) is 5.32 Å². The Kier molecular flexibility index (Phi) is 5.97. The van der Waals surface area contributed by atoms with E-state index in [-0.39, 0.29) is 38.1 Å². The zero-order chi connectivity index (χ0) is 19.2. The monoisotopic (exact) mass is 374 g/mol. The van der Waals surface area contributed by atoms with E-state index in [0.717, 1.165) is 5.56 Å². The zero-order valence-corrected chi connectivity index (χ0v) is 15.3. The standard InChI is InChI=1S/C19H22N2O6/c1-24-14-6-5-13(17(8-14)25-2)10-21-16(11-26-12-18(21)22)19(23)20-9-15-4-3-7-27-15/h3-8,16H,9-12H2,1-2H3,(H,20,23)/t16-/m0/s1. The first-order chi connectivity index (χ1) is 13.1. The third kappa shape index (κ3) is 4.40. The molecule has 0 aliphatic carbocycles. The van der Waals surface area contributed by atoms with Crippen LogP contribution in [0.2, 0.25) is 0 Å². The number of amides is 2. The summed E-state index contributed by atoms with van der Waals surface area (Å²) in [5.74, 6) is 1.32. The van der Waals surface area contributed by atoms with Gasteiger partial charge in [0.15, 0.2) is 0 Å².